The fraction of sp³-hybridized carbons (Fsp3) is 0.258. The molecule has 2 aromatic heterocycles. The third kappa shape index (κ3) is 3.47. The molecule has 0 unspecified atom stereocenters. The highest BCUT2D eigenvalue weighted by Gasteiger charge is 2.30. The fourth-order valence-electron chi connectivity index (χ4n) is 5.21. The highest BCUT2D eigenvalue weighted by molar-refractivity contribution is 5.79. The lowest BCUT2D eigenvalue weighted by atomic mass is 9.92. The van der Waals surface area contributed by atoms with Gasteiger partial charge in [-0.2, -0.15) is 4.57 Å². The molecule has 0 N–H and O–H groups in total. The molecule has 0 radical (unpaired) electrons. The van der Waals surface area contributed by atoms with Gasteiger partial charge in [0.05, 0.1) is 12.7 Å². The van der Waals surface area contributed by atoms with Crippen LogP contribution >= 0.6 is 0 Å². The SMILES string of the molecule is Cc1ccn(-c2c(C(C)C)cccc2C(C)C)c1-c1n(-c2ccccc2)c2ccccc2[n+]1C. The Morgan fingerprint density at radius 2 is 1.32 bits per heavy atom. The van der Waals surface area contributed by atoms with Crippen molar-refractivity contribution in [1.82, 2.24) is 9.13 Å². The van der Waals surface area contributed by atoms with Gasteiger partial charge in [0.1, 0.15) is 11.4 Å². The van der Waals surface area contributed by atoms with Gasteiger partial charge in [-0.15, -0.1) is 0 Å². The number of nitrogens with zero attached hydrogens (tertiary/aromatic N) is 3. The second-order valence-electron chi connectivity index (χ2n) is 9.85. The molecule has 0 spiro atoms. The van der Waals surface area contributed by atoms with Crippen molar-refractivity contribution in [3.05, 3.63) is 102 Å². The number of aromatic nitrogens is 3. The second-order valence-corrected chi connectivity index (χ2v) is 9.85. The highest BCUT2D eigenvalue weighted by atomic mass is 15.2. The van der Waals surface area contributed by atoms with Crippen LogP contribution in [0.1, 0.15) is 56.2 Å². The molecule has 5 rings (SSSR count). The Labute approximate surface area is 202 Å². The summed E-state index contributed by atoms with van der Waals surface area (Å²) >= 11 is 0. The standard InChI is InChI=1S/C31H34N3/c1-21(2)25-15-12-16-26(22(3)4)30(25)33-20-19-23(5)29(33)31-32(6)27-17-10-11-18-28(27)34(31)24-13-8-7-9-14-24/h7-22H,1-6H3/q+1. The molecule has 0 bridgehead atoms. The fourth-order valence-corrected chi connectivity index (χ4v) is 5.21. The number of hydrogen-bond acceptors (Lipinski definition) is 0. The van der Waals surface area contributed by atoms with Gasteiger partial charge in [-0.3, -0.25) is 0 Å². The minimum absolute atomic E-state index is 0.429. The number of para-hydroxylation sites is 4. The van der Waals surface area contributed by atoms with Gasteiger partial charge in [0.25, 0.3) is 0 Å². The van der Waals surface area contributed by atoms with E-state index in [-0.39, 0.29) is 0 Å². The van der Waals surface area contributed by atoms with E-state index < -0.39 is 0 Å². The van der Waals surface area contributed by atoms with Crippen LogP contribution in [-0.4, -0.2) is 9.13 Å². The third-order valence-corrected chi connectivity index (χ3v) is 6.91. The van der Waals surface area contributed by atoms with Gasteiger partial charge >= 0.3 is 5.82 Å². The Bertz CT molecular complexity index is 1440. The van der Waals surface area contributed by atoms with E-state index in [4.69, 9.17) is 0 Å². The van der Waals surface area contributed by atoms with Gasteiger partial charge in [0.15, 0.2) is 11.0 Å². The molecule has 0 saturated carbocycles. The molecule has 0 aliphatic rings. The van der Waals surface area contributed by atoms with E-state index in [1.54, 1.807) is 0 Å². The van der Waals surface area contributed by atoms with Gasteiger partial charge < -0.3 is 4.57 Å². The summed E-state index contributed by atoms with van der Waals surface area (Å²) in [4.78, 5) is 0. The number of aryl methyl sites for hydroxylation is 2. The van der Waals surface area contributed by atoms with Crippen LogP contribution in [0.4, 0.5) is 0 Å². The average Bonchev–Trinajstić information content (AvgIpc) is 3.35. The molecule has 0 amide bonds. The monoisotopic (exact) mass is 448 g/mol. The van der Waals surface area contributed by atoms with Crippen LogP contribution < -0.4 is 4.57 Å². The molecule has 0 aliphatic heterocycles. The van der Waals surface area contributed by atoms with E-state index in [0.717, 1.165) is 0 Å². The van der Waals surface area contributed by atoms with Gasteiger partial charge in [0, 0.05) is 6.20 Å². The smallest absolute Gasteiger partial charge is 0.309 e. The van der Waals surface area contributed by atoms with Gasteiger partial charge in [-0.25, -0.2) is 4.57 Å². The van der Waals surface area contributed by atoms with E-state index in [0.29, 0.717) is 11.8 Å². The van der Waals surface area contributed by atoms with Crippen LogP contribution in [0.2, 0.25) is 0 Å². The summed E-state index contributed by atoms with van der Waals surface area (Å²) in [5.74, 6) is 2.04. The van der Waals surface area contributed by atoms with E-state index in [1.165, 1.54) is 50.6 Å². The van der Waals surface area contributed by atoms with Crippen LogP contribution in [0.5, 0.6) is 0 Å². The van der Waals surface area contributed by atoms with Crippen molar-refractivity contribution in [2.75, 3.05) is 0 Å². The Morgan fingerprint density at radius 1 is 0.706 bits per heavy atom. The first-order valence-electron chi connectivity index (χ1n) is 12.3. The summed E-state index contributed by atoms with van der Waals surface area (Å²) in [7, 11) is 2.19. The molecular formula is C31H34N3+. The van der Waals surface area contributed by atoms with Crippen molar-refractivity contribution in [2.24, 2.45) is 7.05 Å². The maximum absolute atomic E-state index is 2.44. The summed E-state index contributed by atoms with van der Waals surface area (Å²) in [5, 5.41) is 0. The minimum Gasteiger partial charge on any atom is -0.309 e. The van der Waals surface area contributed by atoms with Crippen LogP contribution in [0.3, 0.4) is 0 Å². The third-order valence-electron chi connectivity index (χ3n) is 6.91. The molecule has 3 aromatic carbocycles. The Hall–Kier alpha value is -3.59. The molecule has 0 atom stereocenters. The normalized spacial score (nSPS) is 11.8. The molecule has 5 aromatic rings. The van der Waals surface area contributed by atoms with Gasteiger partial charge in [0.2, 0.25) is 0 Å². The van der Waals surface area contributed by atoms with Crippen molar-refractivity contribution in [3.63, 3.8) is 0 Å². The van der Waals surface area contributed by atoms with Gasteiger partial charge in [-0.05, 0) is 65.8 Å². The maximum Gasteiger partial charge on any atom is 0.312 e. The van der Waals surface area contributed by atoms with Crippen molar-refractivity contribution in [3.8, 4) is 22.9 Å². The Morgan fingerprint density at radius 3 is 1.97 bits per heavy atom. The largest absolute Gasteiger partial charge is 0.312 e. The molecule has 34 heavy (non-hydrogen) atoms. The lowest BCUT2D eigenvalue weighted by molar-refractivity contribution is -0.634. The summed E-state index contributed by atoms with van der Waals surface area (Å²) in [6.45, 7) is 11.4. The zero-order valence-electron chi connectivity index (χ0n) is 21.1. The van der Waals surface area contributed by atoms with Crippen molar-refractivity contribution >= 4 is 11.0 Å². The highest BCUT2D eigenvalue weighted by Crippen LogP contribution is 2.37. The Kier molecular flexibility index (Phi) is 5.65. The first-order chi connectivity index (χ1) is 16.4. The number of fused-ring (bicyclic) bond motifs is 1. The van der Waals surface area contributed by atoms with Crippen LogP contribution in [0, 0.1) is 6.92 Å². The van der Waals surface area contributed by atoms with E-state index in [2.05, 4.69) is 140 Å². The van der Waals surface area contributed by atoms with Crippen LogP contribution in [0.25, 0.3) is 33.9 Å². The molecule has 172 valence electrons. The van der Waals surface area contributed by atoms with E-state index in [1.807, 2.05) is 0 Å². The van der Waals surface area contributed by atoms with Crippen LogP contribution in [0.15, 0.2) is 85.1 Å². The van der Waals surface area contributed by atoms with Crippen molar-refractivity contribution in [1.29, 1.82) is 0 Å². The van der Waals surface area contributed by atoms with Crippen LogP contribution in [-0.2, 0) is 7.05 Å². The molecule has 0 saturated heterocycles. The zero-order chi connectivity index (χ0) is 24.0. The topological polar surface area (TPSA) is 13.7 Å². The molecule has 0 fully saturated rings. The number of rotatable bonds is 5. The lowest BCUT2D eigenvalue weighted by Crippen LogP contribution is -2.31. The Balaban J connectivity index is 1.91. The minimum atomic E-state index is 0.429. The van der Waals surface area contributed by atoms with E-state index in [9.17, 15) is 0 Å². The molecule has 0 aliphatic carbocycles. The number of benzene rings is 3. The number of imidazole rings is 1. The second kappa shape index (κ2) is 8.64. The maximum atomic E-state index is 2.44. The van der Waals surface area contributed by atoms with E-state index >= 15 is 0 Å². The summed E-state index contributed by atoms with van der Waals surface area (Å²) in [6, 6.07) is 28.4. The quantitative estimate of drug-likeness (QED) is 0.248. The van der Waals surface area contributed by atoms with Crippen molar-refractivity contribution < 1.29 is 4.57 Å². The molecular weight excluding hydrogens is 414 g/mol. The average molecular weight is 449 g/mol. The summed E-state index contributed by atoms with van der Waals surface area (Å²) in [6.07, 6.45) is 2.25. The predicted molar refractivity (Wildman–Crippen MR) is 142 cm³/mol. The number of hydrogen-bond donors (Lipinski definition) is 0. The first kappa shape index (κ1) is 22.2. The first-order valence-corrected chi connectivity index (χ1v) is 12.3. The van der Waals surface area contributed by atoms with Gasteiger partial charge in [-0.1, -0.05) is 76.2 Å². The molecule has 3 nitrogen and oxygen atoms in total. The lowest BCUT2D eigenvalue weighted by Gasteiger charge is -2.22. The summed E-state index contributed by atoms with van der Waals surface area (Å²) in [5.41, 5.74) is 10.2. The summed E-state index contributed by atoms with van der Waals surface area (Å²) < 4.78 is 7.18. The predicted octanol–water partition coefficient (Wildman–Crippen LogP) is 7.47. The van der Waals surface area contributed by atoms with Crippen molar-refractivity contribution in [2.45, 2.75) is 46.5 Å². The molecule has 2 heterocycles. The zero-order valence-corrected chi connectivity index (χ0v) is 21.1. The molecule has 3 heteroatoms.